The van der Waals surface area contributed by atoms with Crippen LogP contribution in [0.25, 0.3) is 11.5 Å². The number of anilines is 2. The molecule has 3 atom stereocenters. The predicted molar refractivity (Wildman–Crippen MR) is 127 cm³/mol. The first kappa shape index (κ1) is 22.8. The van der Waals surface area contributed by atoms with E-state index in [2.05, 4.69) is 20.8 Å². The van der Waals surface area contributed by atoms with E-state index in [0.29, 0.717) is 24.1 Å². The first-order valence-electron chi connectivity index (χ1n) is 11.5. The molecule has 0 aliphatic carbocycles. The molecule has 1 aromatic heterocycles. The number of piperidine rings is 1. The van der Waals surface area contributed by atoms with Gasteiger partial charge >= 0.3 is 6.01 Å². The van der Waals surface area contributed by atoms with E-state index in [1.54, 1.807) is 12.1 Å². The molecule has 5 rings (SSSR count). The van der Waals surface area contributed by atoms with E-state index in [0.717, 1.165) is 11.1 Å². The number of nitrogens with zero attached hydrogens (tertiary/aromatic N) is 3. The molecule has 2 amide bonds. The first-order valence-corrected chi connectivity index (χ1v) is 11.5. The van der Waals surface area contributed by atoms with Gasteiger partial charge in [-0.15, -0.1) is 5.10 Å². The zero-order chi connectivity index (χ0) is 24.7. The van der Waals surface area contributed by atoms with Crippen LogP contribution in [0.15, 0.2) is 40.8 Å². The van der Waals surface area contributed by atoms with Crippen LogP contribution in [0, 0.1) is 12.7 Å². The van der Waals surface area contributed by atoms with Crippen molar-refractivity contribution in [3.05, 3.63) is 53.3 Å². The number of imide groups is 1. The third kappa shape index (κ3) is 4.20. The fourth-order valence-electron chi connectivity index (χ4n) is 4.59. The van der Waals surface area contributed by atoms with Crippen molar-refractivity contribution in [2.24, 2.45) is 0 Å². The molecule has 2 aliphatic heterocycles. The molecule has 10 heteroatoms. The Morgan fingerprint density at radius 1 is 1.17 bits per heavy atom. The summed E-state index contributed by atoms with van der Waals surface area (Å²) in [7, 11) is 1.40. The fraction of sp³-hybridized carbons (Fsp3) is 0.360. The lowest BCUT2D eigenvalue weighted by molar-refractivity contribution is -0.134. The lowest BCUT2D eigenvalue weighted by atomic mass is 9.89. The molecular formula is C25H26FN5O4. The Bertz CT molecular complexity index is 1280. The second kappa shape index (κ2) is 9.01. The molecule has 0 bridgehead atoms. The normalized spacial score (nSPS) is 21.9. The number of carbonyl (C=O) groups excluding carboxylic acids is 2. The standard InChI is InChI=1S/C25H26FN5O4/c1-13-4-6-15(7-5-13)24-29-30-25(35-24)27-18-12-31(14(18)2)19-10-8-16(21(26)22(19)34-3)17-9-11-20(32)28-23(17)33/h4-8,10,14,17-18H,9,11-12H2,1-3H3,(H,27,30)(H,28,32,33)/t14-,17?,18+/m1/s1. The van der Waals surface area contributed by atoms with E-state index >= 15 is 4.39 Å². The van der Waals surface area contributed by atoms with Crippen LogP contribution in [0.2, 0.25) is 0 Å². The average Bonchev–Trinajstić information content (AvgIpc) is 3.31. The molecule has 1 unspecified atom stereocenters. The lowest BCUT2D eigenvalue weighted by Crippen LogP contribution is -2.62. The summed E-state index contributed by atoms with van der Waals surface area (Å²) in [4.78, 5) is 25.7. The van der Waals surface area contributed by atoms with E-state index in [1.165, 1.54) is 7.11 Å². The van der Waals surface area contributed by atoms with Gasteiger partial charge < -0.3 is 19.4 Å². The SMILES string of the molecule is COc1c(N2C[C@H](Nc3nnc(-c4ccc(C)cc4)o3)[C@H]2C)ccc(C2CCC(=O)NC2=O)c1F. The number of hydrogen-bond donors (Lipinski definition) is 2. The van der Waals surface area contributed by atoms with Crippen molar-refractivity contribution in [3.63, 3.8) is 0 Å². The molecule has 9 nitrogen and oxygen atoms in total. The maximum absolute atomic E-state index is 15.4. The third-order valence-corrected chi connectivity index (χ3v) is 6.73. The molecule has 2 aromatic carbocycles. The summed E-state index contributed by atoms with van der Waals surface area (Å²) in [6.07, 6.45) is 0.447. The van der Waals surface area contributed by atoms with E-state index in [4.69, 9.17) is 9.15 Å². The molecule has 0 radical (unpaired) electrons. The van der Waals surface area contributed by atoms with Crippen LogP contribution < -0.4 is 20.3 Å². The van der Waals surface area contributed by atoms with E-state index in [-0.39, 0.29) is 42.1 Å². The van der Waals surface area contributed by atoms with Crippen LogP contribution in [0.4, 0.5) is 16.1 Å². The molecular weight excluding hydrogens is 453 g/mol. The first-order chi connectivity index (χ1) is 16.9. The Hall–Kier alpha value is -3.95. The summed E-state index contributed by atoms with van der Waals surface area (Å²) in [6, 6.07) is 11.5. The highest BCUT2D eigenvalue weighted by Crippen LogP contribution is 2.41. The van der Waals surface area contributed by atoms with Crippen molar-refractivity contribution in [1.29, 1.82) is 0 Å². The van der Waals surface area contributed by atoms with E-state index < -0.39 is 17.6 Å². The minimum Gasteiger partial charge on any atom is -0.492 e. The van der Waals surface area contributed by atoms with Crippen molar-refractivity contribution >= 4 is 23.5 Å². The summed E-state index contributed by atoms with van der Waals surface area (Å²) in [5, 5.41) is 13.7. The largest absolute Gasteiger partial charge is 0.492 e. The molecule has 2 aliphatic rings. The van der Waals surface area contributed by atoms with Crippen LogP contribution in [-0.2, 0) is 9.59 Å². The number of ether oxygens (including phenoxy) is 1. The maximum atomic E-state index is 15.4. The van der Waals surface area contributed by atoms with Gasteiger partial charge in [0.15, 0.2) is 11.6 Å². The van der Waals surface area contributed by atoms with Crippen molar-refractivity contribution < 1.29 is 23.1 Å². The molecule has 182 valence electrons. The molecule has 3 aromatic rings. The Labute approximate surface area is 201 Å². The van der Waals surface area contributed by atoms with Crippen molar-refractivity contribution in [2.45, 2.75) is 44.7 Å². The van der Waals surface area contributed by atoms with Gasteiger partial charge in [-0.3, -0.25) is 14.9 Å². The van der Waals surface area contributed by atoms with Gasteiger partial charge in [-0.05, 0) is 38.5 Å². The second-order valence-electron chi connectivity index (χ2n) is 8.95. The van der Waals surface area contributed by atoms with Gasteiger partial charge in [-0.25, -0.2) is 4.39 Å². The number of halogens is 1. The highest BCUT2D eigenvalue weighted by atomic mass is 19.1. The van der Waals surface area contributed by atoms with Gasteiger partial charge in [0.05, 0.1) is 24.8 Å². The number of hydrogen-bond acceptors (Lipinski definition) is 8. The predicted octanol–water partition coefficient (Wildman–Crippen LogP) is 3.40. The monoisotopic (exact) mass is 479 g/mol. The topological polar surface area (TPSA) is 110 Å². The number of nitrogens with one attached hydrogen (secondary N) is 2. The molecule has 2 fully saturated rings. The molecule has 0 spiro atoms. The quantitative estimate of drug-likeness (QED) is 0.518. The van der Waals surface area contributed by atoms with Crippen LogP contribution in [0.3, 0.4) is 0 Å². The number of rotatable bonds is 6. The van der Waals surface area contributed by atoms with E-state index in [1.807, 2.05) is 43.0 Å². The van der Waals surface area contributed by atoms with Crippen LogP contribution in [0.5, 0.6) is 5.75 Å². The highest BCUT2D eigenvalue weighted by molar-refractivity contribution is 6.01. The Balaban J connectivity index is 1.29. The summed E-state index contributed by atoms with van der Waals surface area (Å²) in [5.41, 5.74) is 2.81. The van der Waals surface area contributed by atoms with E-state index in [9.17, 15) is 9.59 Å². The van der Waals surface area contributed by atoms with Gasteiger partial charge in [-0.1, -0.05) is 28.9 Å². The zero-order valence-corrected chi connectivity index (χ0v) is 19.7. The second-order valence-corrected chi connectivity index (χ2v) is 8.95. The molecule has 2 N–H and O–H groups in total. The number of aromatic nitrogens is 2. The summed E-state index contributed by atoms with van der Waals surface area (Å²) in [5.74, 6) is -1.61. The smallest absolute Gasteiger partial charge is 0.316 e. The fourth-order valence-corrected chi connectivity index (χ4v) is 4.59. The molecule has 3 heterocycles. The molecule has 2 saturated heterocycles. The molecule has 35 heavy (non-hydrogen) atoms. The minimum atomic E-state index is -0.723. The van der Waals surface area contributed by atoms with Gasteiger partial charge in [0, 0.05) is 30.1 Å². The van der Waals surface area contributed by atoms with Gasteiger partial charge in [0.1, 0.15) is 0 Å². The number of aryl methyl sites for hydroxylation is 1. The van der Waals surface area contributed by atoms with Crippen LogP contribution >= 0.6 is 0 Å². The van der Waals surface area contributed by atoms with Crippen molar-refractivity contribution in [2.75, 3.05) is 23.9 Å². The Kier molecular flexibility index (Phi) is 5.88. The van der Waals surface area contributed by atoms with Gasteiger partial charge in [0.2, 0.25) is 17.7 Å². The zero-order valence-electron chi connectivity index (χ0n) is 19.7. The van der Waals surface area contributed by atoms with Crippen LogP contribution in [-0.4, -0.2) is 47.7 Å². The average molecular weight is 480 g/mol. The van der Waals surface area contributed by atoms with Gasteiger partial charge in [-0.2, -0.15) is 0 Å². The number of benzene rings is 2. The number of carbonyl (C=O) groups is 2. The lowest BCUT2D eigenvalue weighted by Gasteiger charge is -2.48. The third-order valence-electron chi connectivity index (χ3n) is 6.73. The van der Waals surface area contributed by atoms with Crippen LogP contribution in [0.1, 0.15) is 36.8 Å². The molecule has 0 saturated carbocycles. The Morgan fingerprint density at radius 2 is 1.94 bits per heavy atom. The van der Waals surface area contributed by atoms with Crippen molar-refractivity contribution in [1.82, 2.24) is 15.5 Å². The summed E-state index contributed by atoms with van der Waals surface area (Å²) in [6.45, 7) is 4.58. The summed E-state index contributed by atoms with van der Waals surface area (Å²) >= 11 is 0. The number of methoxy groups -OCH3 is 1. The number of amides is 2. The van der Waals surface area contributed by atoms with Crippen molar-refractivity contribution in [3.8, 4) is 17.2 Å². The minimum absolute atomic E-state index is 0.00361. The Morgan fingerprint density at radius 3 is 2.63 bits per heavy atom. The maximum Gasteiger partial charge on any atom is 0.316 e. The summed E-state index contributed by atoms with van der Waals surface area (Å²) < 4.78 is 26.6. The van der Waals surface area contributed by atoms with Gasteiger partial charge in [0.25, 0.3) is 0 Å². The highest BCUT2D eigenvalue weighted by Gasteiger charge is 2.39.